The molecule has 0 radical (unpaired) electrons. The van der Waals surface area contributed by atoms with Crippen molar-refractivity contribution in [1.29, 1.82) is 0 Å². The Hall–Kier alpha value is -0.300. The predicted molar refractivity (Wildman–Crippen MR) is 99.5 cm³/mol. The topological polar surface area (TPSA) is 45.7 Å². The fourth-order valence-corrected chi connectivity index (χ4v) is 2.86. The zero-order valence-corrected chi connectivity index (χ0v) is 15.5. The van der Waals surface area contributed by atoms with Crippen LogP contribution < -0.4 is 10.6 Å². The van der Waals surface area contributed by atoms with E-state index in [9.17, 15) is 0 Å². The summed E-state index contributed by atoms with van der Waals surface area (Å²) in [6.45, 7) is 5.57. The summed E-state index contributed by atoms with van der Waals surface area (Å²) in [7, 11) is 0. The molecule has 0 atom stereocenters. The first-order chi connectivity index (χ1) is 9.88. The van der Waals surface area contributed by atoms with Crippen LogP contribution in [0.2, 0.25) is 0 Å². The molecule has 0 saturated heterocycles. The van der Waals surface area contributed by atoms with Gasteiger partial charge in [0, 0.05) is 19.1 Å². The Morgan fingerprint density at radius 1 is 1.33 bits per heavy atom. The summed E-state index contributed by atoms with van der Waals surface area (Å²) in [5.74, 6) is 0.993. The summed E-state index contributed by atoms with van der Waals surface area (Å²) in [5, 5.41) is 6.95. The summed E-state index contributed by atoms with van der Waals surface area (Å²) in [5.41, 5.74) is 1.49. The normalized spacial score (nSPS) is 20.4. The average molecular weight is 407 g/mol. The molecule has 2 N–H and O–H groups in total. The second kappa shape index (κ2) is 11.3. The molecule has 0 aromatic carbocycles. The van der Waals surface area contributed by atoms with Crippen LogP contribution in [0, 0.1) is 0 Å². The molecule has 122 valence electrons. The first-order valence-corrected chi connectivity index (χ1v) is 8.19. The quantitative estimate of drug-likeness (QED) is 0.318. The van der Waals surface area contributed by atoms with Crippen molar-refractivity contribution in [2.75, 3.05) is 26.3 Å². The third-order valence-corrected chi connectivity index (χ3v) is 4.05. The summed E-state index contributed by atoms with van der Waals surface area (Å²) >= 11 is 0. The van der Waals surface area contributed by atoms with Gasteiger partial charge in [-0.1, -0.05) is 30.9 Å². The Morgan fingerprint density at radius 2 is 2.14 bits per heavy atom. The minimum Gasteiger partial charge on any atom is -0.377 e. The van der Waals surface area contributed by atoms with Crippen molar-refractivity contribution in [2.24, 2.45) is 4.99 Å². The maximum Gasteiger partial charge on any atom is 0.191 e. The van der Waals surface area contributed by atoms with Crippen LogP contribution in [0.5, 0.6) is 0 Å². The van der Waals surface area contributed by atoms with Gasteiger partial charge in [0.25, 0.3) is 0 Å². The molecule has 5 heteroatoms. The van der Waals surface area contributed by atoms with Crippen LogP contribution in [0.4, 0.5) is 0 Å². The molecule has 1 fully saturated rings. The van der Waals surface area contributed by atoms with Gasteiger partial charge in [-0.05, 0) is 32.6 Å². The van der Waals surface area contributed by atoms with E-state index in [1.165, 1.54) is 37.7 Å². The lowest BCUT2D eigenvalue weighted by Crippen LogP contribution is -2.44. The average Bonchev–Trinajstić information content (AvgIpc) is 2.49. The highest BCUT2D eigenvalue weighted by Crippen LogP contribution is 2.17. The smallest absolute Gasteiger partial charge is 0.191 e. The molecule has 0 aromatic heterocycles. The second-order valence-corrected chi connectivity index (χ2v) is 5.68. The zero-order valence-electron chi connectivity index (χ0n) is 13.2. The van der Waals surface area contributed by atoms with Crippen molar-refractivity contribution < 1.29 is 4.74 Å². The Bertz CT molecular complexity index is 338. The highest BCUT2D eigenvalue weighted by atomic mass is 127. The summed E-state index contributed by atoms with van der Waals surface area (Å²) in [6, 6.07) is 0.615. The molecule has 0 amide bonds. The molecule has 1 aliphatic carbocycles. The van der Waals surface area contributed by atoms with E-state index in [1.807, 2.05) is 0 Å². The maximum atomic E-state index is 5.33. The second-order valence-electron chi connectivity index (χ2n) is 5.68. The number of hydrogen-bond donors (Lipinski definition) is 2. The van der Waals surface area contributed by atoms with E-state index in [-0.39, 0.29) is 24.0 Å². The van der Waals surface area contributed by atoms with Gasteiger partial charge in [0.05, 0.1) is 13.2 Å². The van der Waals surface area contributed by atoms with Crippen molar-refractivity contribution in [3.8, 4) is 0 Å². The van der Waals surface area contributed by atoms with Gasteiger partial charge in [0.1, 0.15) is 0 Å². The lowest BCUT2D eigenvalue weighted by Gasteiger charge is -2.25. The minimum atomic E-state index is 0. The van der Waals surface area contributed by atoms with Gasteiger partial charge in [0.15, 0.2) is 5.96 Å². The molecule has 4 nitrogen and oxygen atoms in total. The van der Waals surface area contributed by atoms with Gasteiger partial charge < -0.3 is 15.4 Å². The fourth-order valence-electron chi connectivity index (χ4n) is 2.86. The number of halogens is 1. The van der Waals surface area contributed by atoms with Crippen molar-refractivity contribution in [2.45, 2.75) is 57.9 Å². The van der Waals surface area contributed by atoms with Crippen molar-refractivity contribution in [3.05, 3.63) is 11.6 Å². The minimum absolute atomic E-state index is 0. The number of aliphatic imine (C=N–C) groups is 1. The Morgan fingerprint density at radius 3 is 2.81 bits per heavy atom. The SMILES string of the molecule is CCNC(=NCCC1=CCOCC1)NC1CCCCC1.I. The fraction of sp³-hybridized carbons (Fsp3) is 0.812. The van der Waals surface area contributed by atoms with E-state index in [1.54, 1.807) is 0 Å². The van der Waals surface area contributed by atoms with Gasteiger partial charge in [0.2, 0.25) is 0 Å². The largest absolute Gasteiger partial charge is 0.377 e. The Kier molecular flexibility index (Phi) is 10.1. The first-order valence-electron chi connectivity index (χ1n) is 8.19. The molecule has 0 aromatic rings. The predicted octanol–water partition coefficient (Wildman–Crippen LogP) is 3.23. The van der Waals surface area contributed by atoms with E-state index in [2.05, 4.69) is 23.6 Å². The number of guanidine groups is 1. The molecule has 0 unspecified atom stereocenters. The van der Waals surface area contributed by atoms with E-state index in [0.29, 0.717) is 6.04 Å². The lowest BCUT2D eigenvalue weighted by atomic mass is 9.96. The van der Waals surface area contributed by atoms with Crippen LogP contribution in [-0.4, -0.2) is 38.3 Å². The van der Waals surface area contributed by atoms with Crippen molar-refractivity contribution in [3.63, 3.8) is 0 Å². The molecular weight excluding hydrogens is 377 g/mol. The van der Waals surface area contributed by atoms with Crippen LogP contribution in [0.1, 0.15) is 51.9 Å². The highest BCUT2D eigenvalue weighted by Gasteiger charge is 2.14. The molecule has 2 aliphatic rings. The van der Waals surface area contributed by atoms with Crippen LogP contribution in [0.25, 0.3) is 0 Å². The monoisotopic (exact) mass is 407 g/mol. The maximum absolute atomic E-state index is 5.33. The standard InChI is InChI=1S/C16H29N3O.HI/c1-2-17-16(19-15-6-4-3-5-7-15)18-11-8-14-9-12-20-13-10-14;/h9,15H,2-8,10-13H2,1H3,(H2,17,18,19);1H. The number of nitrogens with one attached hydrogen (secondary N) is 2. The molecular formula is C16H30IN3O. The Labute approximate surface area is 146 Å². The van der Waals surface area contributed by atoms with Crippen LogP contribution in [-0.2, 0) is 4.74 Å². The molecule has 0 spiro atoms. The number of ether oxygens (including phenoxy) is 1. The third kappa shape index (κ3) is 7.49. The highest BCUT2D eigenvalue weighted by molar-refractivity contribution is 14.0. The Balaban J connectivity index is 0.00000220. The third-order valence-electron chi connectivity index (χ3n) is 4.05. The molecule has 1 aliphatic heterocycles. The number of nitrogens with zero attached hydrogens (tertiary/aromatic N) is 1. The van der Waals surface area contributed by atoms with Gasteiger partial charge in [-0.3, -0.25) is 4.99 Å². The zero-order chi connectivity index (χ0) is 14.0. The van der Waals surface area contributed by atoms with Crippen LogP contribution in [0.3, 0.4) is 0 Å². The molecule has 2 rings (SSSR count). The van der Waals surface area contributed by atoms with Gasteiger partial charge in [-0.2, -0.15) is 0 Å². The van der Waals surface area contributed by atoms with Crippen LogP contribution in [0.15, 0.2) is 16.6 Å². The van der Waals surface area contributed by atoms with E-state index in [4.69, 9.17) is 9.73 Å². The summed E-state index contributed by atoms with van der Waals surface area (Å²) in [4.78, 5) is 4.71. The van der Waals surface area contributed by atoms with E-state index in [0.717, 1.165) is 45.1 Å². The number of hydrogen-bond acceptors (Lipinski definition) is 2. The number of rotatable bonds is 5. The van der Waals surface area contributed by atoms with Gasteiger partial charge >= 0.3 is 0 Å². The van der Waals surface area contributed by atoms with Crippen molar-refractivity contribution in [1.82, 2.24) is 10.6 Å². The summed E-state index contributed by atoms with van der Waals surface area (Å²) in [6.07, 6.45) is 11.0. The molecule has 1 saturated carbocycles. The van der Waals surface area contributed by atoms with E-state index >= 15 is 0 Å². The van der Waals surface area contributed by atoms with Gasteiger partial charge in [-0.15, -0.1) is 24.0 Å². The first kappa shape index (κ1) is 18.7. The van der Waals surface area contributed by atoms with Crippen molar-refractivity contribution >= 4 is 29.9 Å². The lowest BCUT2D eigenvalue weighted by molar-refractivity contribution is 0.153. The molecule has 21 heavy (non-hydrogen) atoms. The molecule has 1 heterocycles. The van der Waals surface area contributed by atoms with Crippen LogP contribution >= 0.6 is 24.0 Å². The molecule has 0 bridgehead atoms. The van der Waals surface area contributed by atoms with E-state index < -0.39 is 0 Å². The summed E-state index contributed by atoms with van der Waals surface area (Å²) < 4.78 is 5.33. The van der Waals surface area contributed by atoms with Gasteiger partial charge in [-0.25, -0.2) is 0 Å².